The van der Waals surface area contributed by atoms with Crippen LogP contribution >= 0.6 is 0 Å². The minimum atomic E-state index is -0.136. The number of aryl methyl sites for hydroxylation is 1. The van der Waals surface area contributed by atoms with Crippen molar-refractivity contribution in [3.63, 3.8) is 0 Å². The normalized spacial score (nSPS) is 15.3. The van der Waals surface area contributed by atoms with Crippen molar-refractivity contribution < 1.29 is 4.79 Å². The molecule has 0 atom stereocenters. The number of likely N-dealkylation sites (tertiary alicyclic amines) is 1. The Balaban J connectivity index is 1.57. The number of hydrogen-bond donors (Lipinski definition) is 2. The monoisotopic (exact) mass is 463 g/mol. The third-order valence-electron chi connectivity index (χ3n) is 7.41. The minimum absolute atomic E-state index is 0.00429. The van der Waals surface area contributed by atoms with Crippen LogP contribution in [0.2, 0.25) is 0 Å². The highest BCUT2D eigenvalue weighted by Crippen LogP contribution is 2.45. The minimum Gasteiger partial charge on any atom is -0.383 e. The molecule has 5 heteroatoms. The smallest absolute Gasteiger partial charge is 0.256 e. The largest absolute Gasteiger partial charge is 0.383 e. The van der Waals surface area contributed by atoms with Gasteiger partial charge in [-0.05, 0) is 55.6 Å². The van der Waals surface area contributed by atoms with E-state index in [4.69, 9.17) is 0 Å². The number of carbonyl (C=O) groups excluding carboxylic acids is 1. The number of H-pyrrole nitrogens is 1. The molecule has 1 fully saturated rings. The first-order chi connectivity index (χ1) is 17.1. The van der Waals surface area contributed by atoms with Gasteiger partial charge in [-0.3, -0.25) is 9.59 Å². The lowest BCUT2D eigenvalue weighted by molar-refractivity contribution is 0.104. The number of nitrogens with zero attached hydrogens (tertiary/aromatic N) is 1. The van der Waals surface area contributed by atoms with Crippen LogP contribution in [0.25, 0.3) is 33.2 Å². The first-order valence-corrected chi connectivity index (χ1v) is 12.5. The van der Waals surface area contributed by atoms with Gasteiger partial charge in [0.1, 0.15) is 0 Å². The molecule has 1 aliphatic heterocycles. The van der Waals surface area contributed by atoms with E-state index in [-0.39, 0.29) is 11.3 Å². The van der Waals surface area contributed by atoms with Crippen molar-refractivity contribution in [2.75, 3.05) is 31.5 Å². The van der Waals surface area contributed by atoms with E-state index >= 15 is 0 Å². The standard InChI is InChI=1S/C30H29N3O2/c1-19-18-23(31-14-17-33-15-8-3-9-16-33)26-27-25(21-12-6-7-13-22(21)29(26)34)24(30(35)32-28(19)27)20-10-4-2-5-11-20/h2,4-7,10-13,18,31H,3,8-9,14-17H2,1H3,(H,32,35). The van der Waals surface area contributed by atoms with Crippen LogP contribution in [0.5, 0.6) is 0 Å². The van der Waals surface area contributed by atoms with Gasteiger partial charge in [-0.25, -0.2) is 0 Å². The molecule has 2 heterocycles. The maximum atomic E-state index is 13.9. The van der Waals surface area contributed by atoms with Crippen LogP contribution in [0.4, 0.5) is 5.69 Å². The molecule has 1 aromatic heterocycles. The van der Waals surface area contributed by atoms with E-state index in [1.807, 2.05) is 67.6 Å². The second kappa shape index (κ2) is 8.82. The molecule has 1 aliphatic carbocycles. The van der Waals surface area contributed by atoms with Crippen LogP contribution in [0.1, 0.15) is 40.7 Å². The number of fused-ring (bicyclic) bond motifs is 2. The van der Waals surface area contributed by atoms with Crippen LogP contribution in [0.15, 0.2) is 65.5 Å². The molecule has 6 rings (SSSR count). The second-order valence-corrected chi connectivity index (χ2v) is 9.64. The van der Waals surface area contributed by atoms with Gasteiger partial charge in [0.25, 0.3) is 5.56 Å². The van der Waals surface area contributed by atoms with Gasteiger partial charge >= 0.3 is 0 Å². The lowest BCUT2D eigenvalue weighted by Gasteiger charge is -2.28. The number of anilines is 1. The first-order valence-electron chi connectivity index (χ1n) is 12.5. The number of pyridine rings is 1. The van der Waals surface area contributed by atoms with Crippen LogP contribution in [0.3, 0.4) is 0 Å². The van der Waals surface area contributed by atoms with E-state index in [2.05, 4.69) is 15.2 Å². The molecule has 0 radical (unpaired) electrons. The third kappa shape index (κ3) is 3.67. The van der Waals surface area contributed by atoms with Crippen molar-refractivity contribution >= 4 is 22.4 Å². The Morgan fingerprint density at radius 2 is 1.57 bits per heavy atom. The molecular formula is C30H29N3O2. The Bertz CT molecular complexity index is 1500. The molecule has 2 N–H and O–H groups in total. The van der Waals surface area contributed by atoms with Crippen molar-refractivity contribution in [2.24, 2.45) is 0 Å². The fourth-order valence-corrected chi connectivity index (χ4v) is 5.73. The summed E-state index contributed by atoms with van der Waals surface area (Å²) in [5.41, 5.74) is 6.84. The number of carbonyl (C=O) groups is 1. The second-order valence-electron chi connectivity index (χ2n) is 9.64. The Morgan fingerprint density at radius 1 is 0.857 bits per heavy atom. The number of nitrogens with one attached hydrogen (secondary N) is 2. The molecule has 4 aromatic rings. The number of ketones is 1. The van der Waals surface area contributed by atoms with Crippen molar-refractivity contribution in [2.45, 2.75) is 26.2 Å². The molecule has 5 nitrogen and oxygen atoms in total. The van der Waals surface area contributed by atoms with Crippen molar-refractivity contribution in [1.82, 2.24) is 9.88 Å². The summed E-state index contributed by atoms with van der Waals surface area (Å²) in [4.78, 5) is 33.0. The molecule has 0 saturated carbocycles. The number of rotatable bonds is 5. The highest BCUT2D eigenvalue weighted by molar-refractivity contribution is 6.29. The number of aromatic amines is 1. The number of piperidine rings is 1. The zero-order valence-electron chi connectivity index (χ0n) is 20.0. The number of aromatic nitrogens is 1. The van der Waals surface area contributed by atoms with Crippen LogP contribution in [0, 0.1) is 6.92 Å². The van der Waals surface area contributed by atoms with Crippen LogP contribution < -0.4 is 10.9 Å². The van der Waals surface area contributed by atoms with Gasteiger partial charge < -0.3 is 15.2 Å². The Labute approximate surface area is 204 Å². The quantitative estimate of drug-likeness (QED) is 0.355. The van der Waals surface area contributed by atoms with Gasteiger partial charge in [-0.1, -0.05) is 61.0 Å². The number of benzene rings is 3. The molecule has 1 saturated heterocycles. The summed E-state index contributed by atoms with van der Waals surface area (Å²) in [5.74, 6) is 0.00429. The SMILES string of the molecule is Cc1cc(NCCN2CCCCC2)c2c3c(c(-c4ccccc4)c(=O)[nH]c13)-c1ccccc1C2=O. The molecule has 176 valence electrons. The molecule has 2 aliphatic rings. The Hall–Kier alpha value is -3.70. The molecule has 0 bridgehead atoms. The van der Waals surface area contributed by atoms with E-state index in [0.717, 1.165) is 65.0 Å². The predicted molar refractivity (Wildman–Crippen MR) is 142 cm³/mol. The summed E-state index contributed by atoms with van der Waals surface area (Å²) in [6.45, 7) is 6.01. The topological polar surface area (TPSA) is 65.2 Å². The van der Waals surface area contributed by atoms with Gasteiger partial charge in [-0.2, -0.15) is 0 Å². The first kappa shape index (κ1) is 21.8. The van der Waals surface area contributed by atoms with E-state index in [1.165, 1.54) is 19.3 Å². The zero-order valence-corrected chi connectivity index (χ0v) is 20.0. The highest BCUT2D eigenvalue weighted by Gasteiger charge is 2.32. The summed E-state index contributed by atoms with van der Waals surface area (Å²) in [6.07, 6.45) is 3.83. The van der Waals surface area contributed by atoms with Crippen LogP contribution in [-0.2, 0) is 0 Å². The van der Waals surface area contributed by atoms with Crippen molar-refractivity contribution in [3.05, 3.63) is 87.7 Å². The Kier molecular flexibility index (Phi) is 5.50. The lowest BCUT2D eigenvalue weighted by Crippen LogP contribution is -2.34. The van der Waals surface area contributed by atoms with Gasteiger partial charge in [-0.15, -0.1) is 0 Å². The molecule has 0 spiro atoms. The van der Waals surface area contributed by atoms with Gasteiger partial charge in [0.15, 0.2) is 5.78 Å². The van der Waals surface area contributed by atoms with Crippen LogP contribution in [-0.4, -0.2) is 41.8 Å². The summed E-state index contributed by atoms with van der Waals surface area (Å²) in [5, 5.41) is 4.43. The molecular weight excluding hydrogens is 434 g/mol. The summed E-state index contributed by atoms with van der Waals surface area (Å²) in [6, 6.07) is 19.4. The van der Waals surface area contributed by atoms with Crippen molar-refractivity contribution in [1.29, 1.82) is 0 Å². The van der Waals surface area contributed by atoms with E-state index in [0.29, 0.717) is 16.7 Å². The summed E-state index contributed by atoms with van der Waals surface area (Å²) in [7, 11) is 0. The Morgan fingerprint density at radius 3 is 2.34 bits per heavy atom. The molecule has 0 unspecified atom stereocenters. The third-order valence-corrected chi connectivity index (χ3v) is 7.41. The van der Waals surface area contributed by atoms with Gasteiger partial charge in [0.2, 0.25) is 0 Å². The maximum absolute atomic E-state index is 13.9. The molecule has 3 aromatic carbocycles. The van der Waals surface area contributed by atoms with Crippen molar-refractivity contribution in [3.8, 4) is 22.3 Å². The van der Waals surface area contributed by atoms with E-state index in [1.54, 1.807) is 0 Å². The fraction of sp³-hybridized carbons (Fsp3) is 0.267. The summed E-state index contributed by atoms with van der Waals surface area (Å²) < 4.78 is 0. The molecule has 0 amide bonds. The number of hydrogen-bond acceptors (Lipinski definition) is 4. The average Bonchev–Trinajstić information content (AvgIpc) is 2.89. The molecule has 35 heavy (non-hydrogen) atoms. The average molecular weight is 464 g/mol. The van der Waals surface area contributed by atoms with Gasteiger partial charge in [0.05, 0.1) is 16.6 Å². The predicted octanol–water partition coefficient (Wildman–Crippen LogP) is 5.61. The fourth-order valence-electron chi connectivity index (χ4n) is 5.73. The maximum Gasteiger partial charge on any atom is 0.256 e. The van der Waals surface area contributed by atoms with E-state index in [9.17, 15) is 9.59 Å². The zero-order chi connectivity index (χ0) is 23.9. The lowest BCUT2D eigenvalue weighted by atomic mass is 9.79. The van der Waals surface area contributed by atoms with Gasteiger partial charge in [0, 0.05) is 35.3 Å². The summed E-state index contributed by atoms with van der Waals surface area (Å²) >= 11 is 0. The highest BCUT2D eigenvalue weighted by atomic mass is 16.1. The van der Waals surface area contributed by atoms with E-state index < -0.39 is 0 Å².